The average molecular weight is 382 g/mol. The summed E-state index contributed by atoms with van der Waals surface area (Å²) >= 11 is 1.42. The Kier molecular flexibility index (Phi) is 4.60. The number of hydrogen-bond donors (Lipinski definition) is 0. The molecule has 9 heteroatoms. The van der Waals surface area contributed by atoms with Gasteiger partial charge >= 0.3 is 0 Å². The second kappa shape index (κ2) is 6.87. The molecule has 25 heavy (non-hydrogen) atoms. The number of nitrogens with zero attached hydrogens (tertiary/aromatic N) is 2. The summed E-state index contributed by atoms with van der Waals surface area (Å²) in [5.74, 6) is 3.18. The van der Waals surface area contributed by atoms with Crippen LogP contribution < -0.4 is 9.47 Å². The first-order valence-electron chi connectivity index (χ1n) is 8.11. The van der Waals surface area contributed by atoms with Gasteiger partial charge < -0.3 is 13.9 Å². The minimum Gasteiger partial charge on any atom is -0.486 e. The summed E-state index contributed by atoms with van der Waals surface area (Å²) in [5, 5.41) is 8.52. The molecule has 2 aromatic rings. The Morgan fingerprint density at radius 2 is 2.04 bits per heavy atom. The highest BCUT2D eigenvalue weighted by molar-refractivity contribution is 7.99. The first-order chi connectivity index (χ1) is 12.1. The van der Waals surface area contributed by atoms with Crippen LogP contribution in [0.1, 0.15) is 12.3 Å². The van der Waals surface area contributed by atoms with Crippen molar-refractivity contribution in [1.82, 2.24) is 10.2 Å². The third-order valence-electron chi connectivity index (χ3n) is 4.20. The van der Waals surface area contributed by atoms with Crippen molar-refractivity contribution in [1.29, 1.82) is 0 Å². The largest absolute Gasteiger partial charge is 0.486 e. The Hall–Kier alpha value is -1.74. The van der Waals surface area contributed by atoms with Gasteiger partial charge in [-0.15, -0.1) is 10.2 Å². The van der Waals surface area contributed by atoms with Crippen LogP contribution >= 0.6 is 11.8 Å². The number of fused-ring (bicyclic) bond motifs is 1. The van der Waals surface area contributed by atoms with E-state index >= 15 is 0 Å². The van der Waals surface area contributed by atoms with E-state index in [-0.39, 0.29) is 23.5 Å². The van der Waals surface area contributed by atoms with Gasteiger partial charge in [0.25, 0.3) is 5.22 Å². The van der Waals surface area contributed by atoms with Gasteiger partial charge in [0.15, 0.2) is 21.3 Å². The van der Waals surface area contributed by atoms with Gasteiger partial charge in [-0.2, -0.15) is 0 Å². The van der Waals surface area contributed by atoms with E-state index < -0.39 is 9.84 Å². The van der Waals surface area contributed by atoms with Gasteiger partial charge in [-0.05, 0) is 24.5 Å². The van der Waals surface area contributed by atoms with Crippen molar-refractivity contribution in [3.8, 4) is 11.5 Å². The predicted octanol–water partition coefficient (Wildman–Crippen LogP) is 1.98. The summed E-state index contributed by atoms with van der Waals surface area (Å²) in [6, 6.07) is 7.58. The maximum atomic E-state index is 11.5. The lowest BCUT2D eigenvalue weighted by atomic mass is 10.1. The van der Waals surface area contributed by atoms with Crippen molar-refractivity contribution >= 4 is 21.6 Å². The molecule has 4 rings (SSSR count). The van der Waals surface area contributed by atoms with Crippen molar-refractivity contribution < 1.29 is 22.3 Å². The molecular weight excluding hydrogens is 364 g/mol. The Morgan fingerprint density at radius 3 is 2.84 bits per heavy atom. The van der Waals surface area contributed by atoms with Gasteiger partial charge in [0, 0.05) is 12.2 Å². The van der Waals surface area contributed by atoms with Crippen LogP contribution in [-0.2, 0) is 16.3 Å². The van der Waals surface area contributed by atoms with Crippen molar-refractivity contribution in [3.05, 3.63) is 30.2 Å². The van der Waals surface area contributed by atoms with Crippen LogP contribution in [0.5, 0.6) is 11.5 Å². The molecule has 1 aromatic heterocycles. The minimum absolute atomic E-state index is 0.0786. The molecule has 0 saturated carbocycles. The van der Waals surface area contributed by atoms with E-state index in [9.17, 15) is 8.42 Å². The molecule has 134 valence electrons. The molecule has 2 aliphatic heterocycles. The lowest BCUT2D eigenvalue weighted by Gasteiger charge is -2.25. The summed E-state index contributed by atoms with van der Waals surface area (Å²) in [6.45, 7) is 0.477. The standard InChI is InChI=1S/C16H18N2O5S2/c19-25(20)6-5-11(10-25)7-15-17-18-16(23-15)24-9-12-8-21-13-3-1-2-4-14(13)22-12/h1-4,11-12H,5-10H2/t11-,12-/m0/s1. The van der Waals surface area contributed by atoms with Crippen LogP contribution in [0, 0.1) is 5.92 Å². The molecular formula is C16H18N2O5S2. The Labute approximate surface area is 150 Å². The van der Waals surface area contributed by atoms with Crippen LogP contribution in [-0.4, -0.2) is 48.6 Å². The summed E-state index contributed by atoms with van der Waals surface area (Å²) in [6.07, 6.45) is 1.10. The van der Waals surface area contributed by atoms with Gasteiger partial charge in [-0.1, -0.05) is 23.9 Å². The minimum atomic E-state index is -2.88. The monoisotopic (exact) mass is 382 g/mol. The SMILES string of the molecule is O=S1(=O)CC[C@@H](Cc2nnc(SC[C@@H]3COc4ccccc4O3)o2)C1. The fraction of sp³-hybridized carbons (Fsp3) is 0.500. The number of para-hydroxylation sites is 2. The van der Waals surface area contributed by atoms with Crippen LogP contribution in [0.15, 0.2) is 33.9 Å². The van der Waals surface area contributed by atoms with Crippen molar-refractivity contribution in [2.75, 3.05) is 23.9 Å². The number of thioether (sulfide) groups is 1. The van der Waals surface area contributed by atoms with Crippen molar-refractivity contribution in [2.45, 2.75) is 24.2 Å². The predicted molar refractivity (Wildman–Crippen MR) is 91.8 cm³/mol. The zero-order valence-corrected chi connectivity index (χ0v) is 15.1. The van der Waals surface area contributed by atoms with Crippen LogP contribution in [0.25, 0.3) is 0 Å². The normalized spacial score (nSPS) is 24.3. The van der Waals surface area contributed by atoms with Crippen LogP contribution in [0.4, 0.5) is 0 Å². The van der Waals surface area contributed by atoms with Crippen LogP contribution in [0.2, 0.25) is 0 Å². The fourth-order valence-electron chi connectivity index (χ4n) is 2.97. The molecule has 1 aromatic carbocycles. The van der Waals surface area contributed by atoms with E-state index in [0.29, 0.717) is 36.3 Å². The van der Waals surface area contributed by atoms with Crippen LogP contribution in [0.3, 0.4) is 0 Å². The zero-order chi connectivity index (χ0) is 17.3. The lowest BCUT2D eigenvalue weighted by Crippen LogP contribution is -2.31. The molecule has 0 spiro atoms. The molecule has 7 nitrogen and oxygen atoms in total. The number of ether oxygens (including phenoxy) is 2. The maximum Gasteiger partial charge on any atom is 0.276 e. The summed E-state index contributed by atoms with van der Waals surface area (Å²) in [5.41, 5.74) is 0. The molecule has 1 fully saturated rings. The average Bonchev–Trinajstić information content (AvgIpc) is 3.19. The second-order valence-corrected chi connectivity index (χ2v) is 9.44. The quantitative estimate of drug-likeness (QED) is 0.725. The number of sulfone groups is 1. The molecule has 0 aliphatic carbocycles. The molecule has 1 saturated heterocycles. The molecule has 0 amide bonds. The van der Waals surface area contributed by atoms with E-state index in [4.69, 9.17) is 13.9 Å². The molecule has 0 bridgehead atoms. The molecule has 0 radical (unpaired) electrons. The van der Waals surface area contributed by atoms with Gasteiger partial charge in [0.1, 0.15) is 12.7 Å². The third kappa shape index (κ3) is 4.09. The number of aromatic nitrogens is 2. The summed E-state index contributed by atoms with van der Waals surface area (Å²) in [4.78, 5) is 0. The molecule has 0 N–H and O–H groups in total. The highest BCUT2D eigenvalue weighted by atomic mass is 32.2. The Balaban J connectivity index is 1.29. The lowest BCUT2D eigenvalue weighted by molar-refractivity contribution is 0.107. The van der Waals surface area contributed by atoms with E-state index in [2.05, 4.69) is 10.2 Å². The number of rotatable bonds is 5. The topological polar surface area (TPSA) is 91.5 Å². The number of benzene rings is 1. The van der Waals surface area contributed by atoms with Gasteiger partial charge in [-0.25, -0.2) is 8.42 Å². The van der Waals surface area contributed by atoms with Crippen molar-refractivity contribution in [3.63, 3.8) is 0 Å². The second-order valence-electron chi connectivity index (χ2n) is 6.24. The number of hydrogen-bond acceptors (Lipinski definition) is 8. The molecule has 2 atom stereocenters. The van der Waals surface area contributed by atoms with Gasteiger partial charge in [-0.3, -0.25) is 0 Å². The highest BCUT2D eigenvalue weighted by Gasteiger charge is 2.29. The Morgan fingerprint density at radius 1 is 1.20 bits per heavy atom. The molecule has 0 unspecified atom stereocenters. The molecule has 3 heterocycles. The highest BCUT2D eigenvalue weighted by Crippen LogP contribution is 2.32. The zero-order valence-electron chi connectivity index (χ0n) is 13.5. The molecule has 2 aliphatic rings. The fourth-order valence-corrected chi connectivity index (χ4v) is 5.58. The van der Waals surface area contributed by atoms with E-state index in [1.807, 2.05) is 24.3 Å². The van der Waals surface area contributed by atoms with Gasteiger partial charge in [0.05, 0.1) is 11.5 Å². The third-order valence-corrected chi connectivity index (χ3v) is 6.99. The van der Waals surface area contributed by atoms with E-state index in [1.165, 1.54) is 11.8 Å². The maximum absolute atomic E-state index is 11.5. The van der Waals surface area contributed by atoms with E-state index in [1.54, 1.807) is 0 Å². The van der Waals surface area contributed by atoms with Gasteiger partial charge in [0.2, 0.25) is 5.89 Å². The summed E-state index contributed by atoms with van der Waals surface area (Å²) < 4.78 is 40.2. The van der Waals surface area contributed by atoms with E-state index in [0.717, 1.165) is 11.5 Å². The van der Waals surface area contributed by atoms with Crippen molar-refractivity contribution in [2.24, 2.45) is 5.92 Å². The summed E-state index contributed by atoms with van der Waals surface area (Å²) in [7, 11) is -2.88. The Bertz CT molecular complexity index is 852. The first-order valence-corrected chi connectivity index (χ1v) is 10.9. The first kappa shape index (κ1) is 16.7. The smallest absolute Gasteiger partial charge is 0.276 e.